The van der Waals surface area contributed by atoms with Crippen molar-refractivity contribution in [2.75, 3.05) is 33.4 Å². The van der Waals surface area contributed by atoms with Crippen LogP contribution in [-0.2, 0) is 11.3 Å². The zero-order chi connectivity index (χ0) is 20.1. The number of hydrogen-bond acceptors (Lipinski definition) is 7. The maximum absolute atomic E-state index is 12.5. The molecular formula is C19H22N6O4. The maximum Gasteiger partial charge on any atom is 0.317 e. The number of ether oxygens (including phenoxy) is 2. The van der Waals surface area contributed by atoms with Crippen molar-refractivity contribution >= 4 is 17.2 Å². The Bertz CT molecular complexity index is 961. The van der Waals surface area contributed by atoms with Gasteiger partial charge in [0.05, 0.1) is 20.3 Å². The minimum absolute atomic E-state index is 0.137. The number of urea groups is 1. The molecule has 3 aromatic rings. The third-order valence-corrected chi connectivity index (χ3v) is 4.59. The fourth-order valence-electron chi connectivity index (χ4n) is 3.02. The largest absolute Gasteiger partial charge is 0.497 e. The third kappa shape index (κ3) is 4.54. The predicted molar refractivity (Wildman–Crippen MR) is 103 cm³/mol. The first-order valence-electron chi connectivity index (χ1n) is 9.30. The van der Waals surface area contributed by atoms with Crippen LogP contribution in [0.1, 0.15) is 5.56 Å². The minimum atomic E-state index is -0.265. The van der Waals surface area contributed by atoms with Crippen molar-refractivity contribution in [3.63, 3.8) is 0 Å². The van der Waals surface area contributed by atoms with E-state index in [0.717, 1.165) is 11.3 Å². The van der Waals surface area contributed by atoms with E-state index in [9.17, 15) is 4.79 Å². The fourth-order valence-corrected chi connectivity index (χ4v) is 3.02. The summed E-state index contributed by atoms with van der Waals surface area (Å²) in [5.74, 6) is 0.784. The highest BCUT2D eigenvalue weighted by atomic mass is 16.7. The zero-order valence-electron chi connectivity index (χ0n) is 16.0. The lowest BCUT2D eigenvalue weighted by Crippen LogP contribution is -2.51. The summed E-state index contributed by atoms with van der Waals surface area (Å²) in [7, 11) is 1.62. The van der Waals surface area contributed by atoms with Crippen LogP contribution < -0.4 is 14.9 Å². The Hall–Kier alpha value is -3.40. The molecule has 2 aromatic heterocycles. The molecule has 0 saturated carbocycles. The number of methoxy groups -OCH3 is 1. The molecule has 0 bridgehead atoms. The summed E-state index contributed by atoms with van der Waals surface area (Å²) in [6, 6.07) is 11.0. The number of nitrogens with one attached hydrogen (secondary N) is 1. The van der Waals surface area contributed by atoms with E-state index >= 15 is 0 Å². The number of carbonyl (C=O) groups excluding carboxylic acids is 1. The van der Waals surface area contributed by atoms with Gasteiger partial charge in [0.15, 0.2) is 0 Å². The van der Waals surface area contributed by atoms with Gasteiger partial charge < -0.3 is 24.5 Å². The van der Waals surface area contributed by atoms with Gasteiger partial charge >= 0.3 is 6.03 Å². The van der Waals surface area contributed by atoms with Crippen molar-refractivity contribution in [3.05, 3.63) is 48.2 Å². The first kappa shape index (κ1) is 18.9. The number of morpholine rings is 1. The lowest BCUT2D eigenvalue weighted by Gasteiger charge is -2.32. The summed E-state index contributed by atoms with van der Waals surface area (Å²) < 4.78 is 10.9. The first-order chi connectivity index (χ1) is 14.2. The van der Waals surface area contributed by atoms with E-state index in [2.05, 4.69) is 20.6 Å². The number of carbonyl (C=O) groups is 1. The minimum Gasteiger partial charge on any atom is -0.497 e. The molecule has 1 atom stereocenters. The van der Waals surface area contributed by atoms with E-state index in [4.69, 9.17) is 14.3 Å². The number of aromatic nitrogens is 4. The molecule has 29 heavy (non-hydrogen) atoms. The van der Waals surface area contributed by atoms with Crippen LogP contribution in [0.5, 0.6) is 5.75 Å². The van der Waals surface area contributed by atoms with E-state index < -0.39 is 0 Å². The molecule has 1 aliphatic rings. The molecule has 10 heteroatoms. The zero-order valence-corrected chi connectivity index (χ0v) is 16.0. The van der Waals surface area contributed by atoms with E-state index in [-0.39, 0.29) is 18.7 Å². The average molecular weight is 398 g/mol. The van der Waals surface area contributed by atoms with E-state index in [1.807, 2.05) is 24.3 Å². The average Bonchev–Trinajstić information content (AvgIpc) is 3.20. The number of rotatable bonds is 6. The van der Waals surface area contributed by atoms with Crippen molar-refractivity contribution in [1.82, 2.24) is 30.4 Å². The standard InChI is InChI=1S/C19H22N6O4/c1-27-15-6-4-14(5-7-15)11-21-19(26)24-9-10-28-16(12-24)13-29-25-18-17(22-23-25)3-2-8-20-18/h2-8,16H,9-13H2,1H3,(H,21,26). The normalized spacial score (nSPS) is 16.6. The van der Waals surface area contributed by atoms with Gasteiger partial charge in [0.1, 0.15) is 24.0 Å². The molecular weight excluding hydrogens is 376 g/mol. The summed E-state index contributed by atoms with van der Waals surface area (Å²) in [5.41, 5.74) is 2.19. The molecule has 1 fully saturated rings. The number of amides is 2. The Morgan fingerprint density at radius 2 is 2.17 bits per heavy atom. The van der Waals surface area contributed by atoms with E-state index in [0.29, 0.717) is 37.4 Å². The number of fused-ring (bicyclic) bond motifs is 1. The Morgan fingerprint density at radius 1 is 1.31 bits per heavy atom. The molecule has 3 heterocycles. The quantitative estimate of drug-likeness (QED) is 0.657. The molecule has 1 unspecified atom stereocenters. The second-order valence-electron chi connectivity index (χ2n) is 6.55. The summed E-state index contributed by atoms with van der Waals surface area (Å²) in [4.78, 5) is 25.4. The molecule has 0 radical (unpaired) electrons. The van der Waals surface area contributed by atoms with Crippen LogP contribution in [0.25, 0.3) is 11.2 Å². The fraction of sp³-hybridized carbons (Fsp3) is 0.368. The van der Waals surface area contributed by atoms with Gasteiger partial charge in [0.2, 0.25) is 5.65 Å². The van der Waals surface area contributed by atoms with Gasteiger partial charge in [-0.05, 0) is 35.0 Å². The lowest BCUT2D eigenvalue weighted by molar-refractivity contribution is -0.0655. The molecule has 0 aliphatic carbocycles. The highest BCUT2D eigenvalue weighted by Crippen LogP contribution is 2.12. The third-order valence-electron chi connectivity index (χ3n) is 4.59. The second-order valence-corrected chi connectivity index (χ2v) is 6.55. The van der Waals surface area contributed by atoms with Gasteiger partial charge in [-0.1, -0.05) is 17.0 Å². The van der Waals surface area contributed by atoms with Gasteiger partial charge in [-0.15, -0.1) is 5.10 Å². The monoisotopic (exact) mass is 398 g/mol. The van der Waals surface area contributed by atoms with Gasteiger partial charge in [-0.3, -0.25) is 0 Å². The van der Waals surface area contributed by atoms with Crippen LogP contribution in [0.15, 0.2) is 42.6 Å². The van der Waals surface area contributed by atoms with Crippen molar-refractivity contribution < 1.29 is 19.1 Å². The van der Waals surface area contributed by atoms with Crippen LogP contribution in [0.3, 0.4) is 0 Å². The molecule has 1 aromatic carbocycles. The van der Waals surface area contributed by atoms with Crippen LogP contribution in [-0.4, -0.2) is 70.6 Å². The highest BCUT2D eigenvalue weighted by molar-refractivity contribution is 5.74. The Labute approximate surface area is 167 Å². The number of hydrogen-bond donors (Lipinski definition) is 1. The van der Waals surface area contributed by atoms with Gasteiger partial charge in [-0.25, -0.2) is 9.78 Å². The summed E-state index contributed by atoms with van der Waals surface area (Å²) >= 11 is 0. The summed E-state index contributed by atoms with van der Waals surface area (Å²) in [6.45, 7) is 2.07. The van der Waals surface area contributed by atoms with Gasteiger partial charge in [-0.2, -0.15) is 0 Å². The SMILES string of the molecule is COc1ccc(CNC(=O)N2CCOC(COn3nnc4cccnc43)C2)cc1. The van der Waals surface area contributed by atoms with Crippen LogP contribution >= 0.6 is 0 Å². The first-order valence-corrected chi connectivity index (χ1v) is 9.30. The smallest absolute Gasteiger partial charge is 0.317 e. The van der Waals surface area contributed by atoms with E-state index in [1.54, 1.807) is 30.3 Å². The maximum atomic E-state index is 12.5. The Morgan fingerprint density at radius 3 is 3.00 bits per heavy atom. The van der Waals surface area contributed by atoms with Gasteiger partial charge in [0.25, 0.3) is 0 Å². The van der Waals surface area contributed by atoms with Crippen molar-refractivity contribution in [3.8, 4) is 5.75 Å². The number of pyridine rings is 1. The molecule has 152 valence electrons. The van der Waals surface area contributed by atoms with Gasteiger partial charge in [0, 0.05) is 19.3 Å². The van der Waals surface area contributed by atoms with Crippen LogP contribution in [0.4, 0.5) is 4.79 Å². The topological polar surface area (TPSA) is 104 Å². The Balaban J connectivity index is 1.27. The molecule has 1 N–H and O–H groups in total. The summed E-state index contributed by atoms with van der Waals surface area (Å²) in [6.07, 6.45) is 1.39. The molecule has 10 nitrogen and oxygen atoms in total. The highest BCUT2D eigenvalue weighted by Gasteiger charge is 2.25. The van der Waals surface area contributed by atoms with E-state index in [1.165, 1.54) is 4.85 Å². The molecule has 1 saturated heterocycles. The lowest BCUT2D eigenvalue weighted by atomic mass is 10.2. The predicted octanol–water partition coefficient (Wildman–Crippen LogP) is 0.874. The number of nitrogens with zero attached hydrogens (tertiary/aromatic N) is 5. The van der Waals surface area contributed by atoms with Crippen LogP contribution in [0, 0.1) is 0 Å². The Kier molecular flexibility index (Phi) is 5.71. The number of benzene rings is 1. The van der Waals surface area contributed by atoms with Crippen molar-refractivity contribution in [1.29, 1.82) is 0 Å². The van der Waals surface area contributed by atoms with Crippen LogP contribution in [0.2, 0.25) is 0 Å². The molecule has 1 aliphatic heterocycles. The van der Waals surface area contributed by atoms with Crippen molar-refractivity contribution in [2.45, 2.75) is 12.6 Å². The summed E-state index contributed by atoms with van der Waals surface area (Å²) in [5, 5.41) is 10.9. The molecule has 0 spiro atoms. The molecule has 2 amide bonds. The molecule has 4 rings (SSSR count). The second kappa shape index (κ2) is 8.74. The van der Waals surface area contributed by atoms with Crippen molar-refractivity contribution in [2.24, 2.45) is 0 Å².